The molecule has 1 saturated heterocycles. The molecule has 0 aromatic heterocycles. The monoisotopic (exact) mass is 311 g/mol. The molecule has 1 aromatic carbocycles. The van der Waals surface area contributed by atoms with Gasteiger partial charge < -0.3 is 19.5 Å². The van der Waals surface area contributed by atoms with Crippen molar-refractivity contribution in [1.82, 2.24) is 5.32 Å². The summed E-state index contributed by atoms with van der Waals surface area (Å²) < 4.78 is 28.6. The normalized spacial score (nSPS) is 23.2. The Kier molecular flexibility index (Phi) is 4.77. The van der Waals surface area contributed by atoms with E-state index in [0.29, 0.717) is 11.5 Å². The summed E-state index contributed by atoms with van der Waals surface area (Å²) in [5.74, 6) is 2.74. The van der Waals surface area contributed by atoms with E-state index in [9.17, 15) is 4.21 Å². The summed E-state index contributed by atoms with van der Waals surface area (Å²) in [6.45, 7) is 1.08. The first kappa shape index (κ1) is 14.8. The van der Waals surface area contributed by atoms with E-state index >= 15 is 0 Å². The molecule has 6 heteroatoms. The summed E-state index contributed by atoms with van der Waals surface area (Å²) in [6.07, 6.45) is 2.28. The molecule has 2 heterocycles. The maximum Gasteiger partial charge on any atom is 0.231 e. The predicted molar refractivity (Wildman–Crippen MR) is 81.2 cm³/mol. The summed E-state index contributed by atoms with van der Waals surface area (Å²) in [5.41, 5.74) is 1.07. The maximum atomic E-state index is 12.3. The Morgan fingerprint density at radius 2 is 2.24 bits per heavy atom. The second kappa shape index (κ2) is 6.77. The van der Waals surface area contributed by atoms with Gasteiger partial charge in [0.1, 0.15) is 0 Å². The summed E-state index contributed by atoms with van der Waals surface area (Å²) in [4.78, 5) is 0. The van der Waals surface area contributed by atoms with Gasteiger partial charge in [-0.1, -0.05) is 6.07 Å². The van der Waals surface area contributed by atoms with Crippen LogP contribution >= 0.6 is 0 Å². The van der Waals surface area contributed by atoms with Gasteiger partial charge in [-0.15, -0.1) is 0 Å². The van der Waals surface area contributed by atoms with Gasteiger partial charge in [-0.2, -0.15) is 0 Å². The van der Waals surface area contributed by atoms with E-state index in [1.54, 1.807) is 0 Å². The Morgan fingerprint density at radius 3 is 3.00 bits per heavy atom. The largest absolute Gasteiger partial charge is 0.454 e. The van der Waals surface area contributed by atoms with Gasteiger partial charge >= 0.3 is 0 Å². The Balaban J connectivity index is 1.62. The van der Waals surface area contributed by atoms with Gasteiger partial charge in [-0.25, -0.2) is 0 Å². The molecular weight excluding hydrogens is 290 g/mol. The van der Waals surface area contributed by atoms with Crippen molar-refractivity contribution in [3.05, 3.63) is 23.8 Å². The smallest absolute Gasteiger partial charge is 0.231 e. The van der Waals surface area contributed by atoms with Crippen LogP contribution < -0.4 is 14.8 Å². The highest BCUT2D eigenvalue weighted by Crippen LogP contribution is 2.34. The predicted octanol–water partition coefficient (Wildman–Crippen LogP) is 1.60. The van der Waals surface area contributed by atoms with Crippen molar-refractivity contribution < 1.29 is 18.4 Å². The topological polar surface area (TPSA) is 56.8 Å². The van der Waals surface area contributed by atoms with Crippen LogP contribution in [0.1, 0.15) is 24.4 Å². The van der Waals surface area contributed by atoms with Crippen LogP contribution in [0.5, 0.6) is 11.5 Å². The van der Waals surface area contributed by atoms with Crippen LogP contribution in [0.2, 0.25) is 0 Å². The van der Waals surface area contributed by atoms with E-state index in [0.717, 1.165) is 36.5 Å². The molecule has 5 nitrogen and oxygen atoms in total. The fourth-order valence-electron chi connectivity index (χ4n) is 2.71. The van der Waals surface area contributed by atoms with Crippen LogP contribution in [-0.4, -0.2) is 42.3 Å². The highest BCUT2D eigenvalue weighted by Gasteiger charge is 2.22. The van der Waals surface area contributed by atoms with Crippen molar-refractivity contribution in [2.24, 2.45) is 0 Å². The third-order valence-electron chi connectivity index (χ3n) is 3.90. The number of ether oxygens (including phenoxy) is 3. The van der Waals surface area contributed by atoms with E-state index < -0.39 is 10.8 Å². The molecule has 0 spiro atoms. The molecule has 1 aromatic rings. The molecule has 3 rings (SSSR count). The summed E-state index contributed by atoms with van der Waals surface area (Å²) in [6, 6.07) is 5.91. The Labute approximate surface area is 127 Å². The Bertz CT molecular complexity index is 516. The second-order valence-corrected chi connectivity index (χ2v) is 6.91. The first-order chi connectivity index (χ1) is 10.3. The molecule has 116 valence electrons. The van der Waals surface area contributed by atoms with E-state index in [2.05, 4.69) is 5.32 Å². The van der Waals surface area contributed by atoms with Crippen LogP contribution in [0.25, 0.3) is 0 Å². The molecule has 2 aliphatic rings. The minimum Gasteiger partial charge on any atom is -0.454 e. The molecule has 3 atom stereocenters. The van der Waals surface area contributed by atoms with Crippen molar-refractivity contribution >= 4 is 10.8 Å². The van der Waals surface area contributed by atoms with Gasteiger partial charge in [0.2, 0.25) is 6.79 Å². The van der Waals surface area contributed by atoms with E-state index in [4.69, 9.17) is 14.2 Å². The van der Waals surface area contributed by atoms with Crippen molar-refractivity contribution in [3.63, 3.8) is 0 Å². The number of hydrogen-bond acceptors (Lipinski definition) is 5. The van der Waals surface area contributed by atoms with E-state index in [1.807, 2.05) is 25.2 Å². The lowest BCUT2D eigenvalue weighted by molar-refractivity contribution is 0.128. The van der Waals surface area contributed by atoms with Crippen LogP contribution in [0, 0.1) is 0 Å². The quantitative estimate of drug-likeness (QED) is 0.865. The molecular formula is C15H21NO4S. The molecule has 2 aliphatic heterocycles. The van der Waals surface area contributed by atoms with Crippen molar-refractivity contribution in [3.8, 4) is 11.5 Å². The van der Waals surface area contributed by atoms with Gasteiger partial charge in [-0.05, 0) is 37.6 Å². The van der Waals surface area contributed by atoms with Gasteiger partial charge in [0, 0.05) is 35.0 Å². The second-order valence-electron chi connectivity index (χ2n) is 5.36. The third-order valence-corrected chi connectivity index (χ3v) is 5.34. The standard InChI is InChI=1S/C15H21NO4S/c1-16-13(9-21(17)8-12-3-2-6-18-12)11-4-5-14-15(7-11)20-10-19-14/h4-5,7,12-13,16H,2-3,6,8-10H2,1H3. The molecule has 0 radical (unpaired) electrons. The minimum absolute atomic E-state index is 0.0433. The number of nitrogens with one attached hydrogen (secondary N) is 1. The van der Waals surface area contributed by atoms with Crippen molar-refractivity contribution in [1.29, 1.82) is 0 Å². The average molecular weight is 311 g/mol. The highest BCUT2D eigenvalue weighted by molar-refractivity contribution is 7.85. The average Bonchev–Trinajstić information content (AvgIpc) is 3.14. The fourth-order valence-corrected chi connectivity index (χ4v) is 4.26. The van der Waals surface area contributed by atoms with E-state index in [1.165, 1.54) is 0 Å². The molecule has 0 aliphatic carbocycles. The molecule has 1 N–H and O–H groups in total. The number of benzene rings is 1. The number of fused-ring (bicyclic) bond motifs is 1. The summed E-state index contributed by atoms with van der Waals surface area (Å²) >= 11 is 0. The maximum absolute atomic E-state index is 12.3. The zero-order valence-electron chi connectivity index (χ0n) is 12.2. The minimum atomic E-state index is -0.898. The number of rotatable bonds is 6. The first-order valence-corrected chi connectivity index (χ1v) is 8.78. The molecule has 0 amide bonds. The third kappa shape index (κ3) is 3.56. The molecule has 1 fully saturated rings. The van der Waals surface area contributed by atoms with Crippen LogP contribution in [0.15, 0.2) is 18.2 Å². The highest BCUT2D eigenvalue weighted by atomic mass is 32.2. The molecule has 0 saturated carbocycles. The van der Waals surface area contributed by atoms with Crippen LogP contribution in [0.3, 0.4) is 0 Å². The van der Waals surface area contributed by atoms with Gasteiger partial charge in [0.25, 0.3) is 0 Å². The fraction of sp³-hybridized carbons (Fsp3) is 0.600. The Hall–Kier alpha value is -1.11. The first-order valence-electron chi connectivity index (χ1n) is 7.29. The zero-order chi connectivity index (χ0) is 14.7. The lowest BCUT2D eigenvalue weighted by atomic mass is 10.1. The number of hydrogen-bond donors (Lipinski definition) is 1. The summed E-state index contributed by atoms with van der Waals surface area (Å²) in [5, 5.41) is 3.24. The summed E-state index contributed by atoms with van der Waals surface area (Å²) in [7, 11) is 0.989. The SMILES string of the molecule is CNC(CS(=O)CC1CCCO1)c1ccc2c(c1)OCO2. The van der Waals surface area contributed by atoms with Crippen LogP contribution in [0.4, 0.5) is 0 Å². The lowest BCUT2D eigenvalue weighted by Gasteiger charge is -2.18. The molecule has 21 heavy (non-hydrogen) atoms. The molecule has 3 unspecified atom stereocenters. The van der Waals surface area contributed by atoms with Crippen LogP contribution in [-0.2, 0) is 15.5 Å². The van der Waals surface area contributed by atoms with Crippen molar-refractivity contribution in [2.45, 2.75) is 25.0 Å². The van der Waals surface area contributed by atoms with Crippen molar-refractivity contribution in [2.75, 3.05) is 32.0 Å². The van der Waals surface area contributed by atoms with Gasteiger partial charge in [0.05, 0.1) is 6.10 Å². The lowest BCUT2D eigenvalue weighted by Crippen LogP contribution is -2.26. The Morgan fingerprint density at radius 1 is 1.38 bits per heavy atom. The molecule has 0 bridgehead atoms. The van der Waals surface area contributed by atoms with Gasteiger partial charge in [-0.3, -0.25) is 4.21 Å². The zero-order valence-corrected chi connectivity index (χ0v) is 13.0. The van der Waals surface area contributed by atoms with E-state index in [-0.39, 0.29) is 18.9 Å². The van der Waals surface area contributed by atoms with Gasteiger partial charge in [0.15, 0.2) is 11.5 Å².